The number of allylic oxidation sites excluding steroid dienone is 1. The summed E-state index contributed by atoms with van der Waals surface area (Å²) in [6.45, 7) is 15.2. The summed E-state index contributed by atoms with van der Waals surface area (Å²) in [6.07, 6.45) is 2.13. The van der Waals surface area contributed by atoms with Gasteiger partial charge in [0.1, 0.15) is 6.10 Å². The Hall–Kier alpha value is -1.91. The molecule has 0 amide bonds. The van der Waals surface area contributed by atoms with Crippen molar-refractivity contribution >= 4 is 17.7 Å². The highest BCUT2D eigenvalue weighted by atomic mass is 16.6. The first-order valence-electron chi connectivity index (χ1n) is 9.73. The fourth-order valence-electron chi connectivity index (χ4n) is 4.70. The van der Waals surface area contributed by atoms with E-state index in [1.54, 1.807) is 6.08 Å². The molecule has 0 radical (unpaired) electrons. The summed E-state index contributed by atoms with van der Waals surface area (Å²) in [5.74, 6) is -0.780. The molecule has 0 N–H and O–H groups in total. The van der Waals surface area contributed by atoms with Gasteiger partial charge in [-0.15, -0.1) is 0 Å². The van der Waals surface area contributed by atoms with Crippen LogP contribution < -0.4 is 0 Å². The molecule has 0 bridgehead atoms. The van der Waals surface area contributed by atoms with Gasteiger partial charge in [0.25, 0.3) is 0 Å². The second kappa shape index (κ2) is 7.99. The van der Waals surface area contributed by atoms with E-state index in [0.29, 0.717) is 12.8 Å². The summed E-state index contributed by atoms with van der Waals surface area (Å²) in [7, 11) is 0. The highest BCUT2D eigenvalue weighted by molar-refractivity contribution is 5.97. The van der Waals surface area contributed by atoms with Gasteiger partial charge in [0.05, 0.1) is 0 Å². The lowest BCUT2D eigenvalue weighted by Crippen LogP contribution is -2.51. The van der Waals surface area contributed by atoms with Crippen molar-refractivity contribution in [3.8, 4) is 0 Å². The van der Waals surface area contributed by atoms with Crippen LogP contribution in [0.15, 0.2) is 23.8 Å². The van der Waals surface area contributed by atoms with Crippen molar-refractivity contribution in [1.82, 2.24) is 0 Å². The first-order valence-corrected chi connectivity index (χ1v) is 9.73. The number of carbonyl (C=O) groups is 3. The molecule has 2 aliphatic rings. The van der Waals surface area contributed by atoms with E-state index in [9.17, 15) is 14.4 Å². The maximum Gasteiger partial charge on any atom is 0.306 e. The summed E-state index contributed by atoms with van der Waals surface area (Å²) >= 11 is 0. The van der Waals surface area contributed by atoms with Gasteiger partial charge in [-0.2, -0.15) is 0 Å². The van der Waals surface area contributed by atoms with Crippen LogP contribution in [0.3, 0.4) is 0 Å². The molecule has 2 aliphatic carbocycles. The molecular weight excluding hydrogens is 344 g/mol. The Balaban J connectivity index is 2.44. The molecule has 5 heteroatoms. The van der Waals surface area contributed by atoms with Gasteiger partial charge in [0, 0.05) is 24.7 Å². The zero-order valence-electron chi connectivity index (χ0n) is 17.3. The van der Waals surface area contributed by atoms with Crippen molar-refractivity contribution in [2.75, 3.05) is 0 Å². The third kappa shape index (κ3) is 4.17. The van der Waals surface area contributed by atoms with E-state index >= 15 is 0 Å². The average molecular weight is 376 g/mol. The van der Waals surface area contributed by atoms with Gasteiger partial charge in [-0.3, -0.25) is 14.4 Å². The monoisotopic (exact) mass is 376 g/mol. The van der Waals surface area contributed by atoms with E-state index < -0.39 is 17.5 Å². The number of ketones is 1. The number of hydrogen-bond acceptors (Lipinski definition) is 5. The summed E-state index contributed by atoms with van der Waals surface area (Å²) < 4.78 is 11.3. The molecule has 5 nitrogen and oxygen atoms in total. The number of esters is 2. The lowest BCUT2D eigenvalue weighted by atomic mass is 9.62. The van der Waals surface area contributed by atoms with Gasteiger partial charge >= 0.3 is 11.9 Å². The second-order valence-electron chi connectivity index (χ2n) is 8.65. The number of rotatable bonds is 5. The molecule has 5 unspecified atom stereocenters. The van der Waals surface area contributed by atoms with Gasteiger partial charge in [-0.1, -0.05) is 38.5 Å². The first-order chi connectivity index (χ1) is 12.5. The van der Waals surface area contributed by atoms with Gasteiger partial charge in [0.15, 0.2) is 11.9 Å². The van der Waals surface area contributed by atoms with Crippen LogP contribution in [0, 0.1) is 23.2 Å². The Morgan fingerprint density at radius 2 is 1.93 bits per heavy atom. The van der Waals surface area contributed by atoms with Crippen LogP contribution in [0.5, 0.6) is 0 Å². The Morgan fingerprint density at radius 3 is 2.44 bits per heavy atom. The molecule has 0 saturated heterocycles. The van der Waals surface area contributed by atoms with Crippen LogP contribution in [0.25, 0.3) is 0 Å². The van der Waals surface area contributed by atoms with Gasteiger partial charge in [-0.25, -0.2) is 0 Å². The summed E-state index contributed by atoms with van der Waals surface area (Å²) in [5, 5.41) is 0. The minimum Gasteiger partial charge on any atom is -0.461 e. The van der Waals surface area contributed by atoms with Crippen molar-refractivity contribution in [1.29, 1.82) is 0 Å². The molecule has 27 heavy (non-hydrogen) atoms. The Labute approximate surface area is 162 Å². The molecule has 2 rings (SSSR count). The Kier molecular flexibility index (Phi) is 6.33. The largest absolute Gasteiger partial charge is 0.461 e. The summed E-state index contributed by atoms with van der Waals surface area (Å²) in [6, 6.07) is 0. The van der Waals surface area contributed by atoms with Gasteiger partial charge in [-0.05, 0) is 44.6 Å². The smallest absolute Gasteiger partial charge is 0.306 e. The number of ether oxygens (including phenoxy) is 2. The maximum atomic E-state index is 12.5. The van der Waals surface area contributed by atoms with Crippen molar-refractivity contribution < 1.29 is 23.9 Å². The maximum absolute atomic E-state index is 12.5. The molecule has 0 aromatic heterocycles. The van der Waals surface area contributed by atoms with E-state index in [4.69, 9.17) is 9.47 Å². The molecular formula is C22H32O5. The first kappa shape index (κ1) is 21.4. The van der Waals surface area contributed by atoms with Crippen molar-refractivity contribution in [2.24, 2.45) is 23.2 Å². The SMILES string of the molecule is C=C(C)C1CC(OC(=O)CC(C)C)C2(C1)C(C)=CC(=O)C(OC(C)=O)C2C. The second-order valence-corrected chi connectivity index (χ2v) is 8.65. The topological polar surface area (TPSA) is 69.7 Å². The van der Waals surface area contributed by atoms with Crippen molar-refractivity contribution in [3.63, 3.8) is 0 Å². The molecule has 1 spiro atoms. The zero-order valence-corrected chi connectivity index (χ0v) is 17.3. The van der Waals surface area contributed by atoms with Crippen LogP contribution in [0.1, 0.15) is 60.8 Å². The average Bonchev–Trinajstić information content (AvgIpc) is 2.89. The van der Waals surface area contributed by atoms with E-state index in [1.165, 1.54) is 6.92 Å². The van der Waals surface area contributed by atoms with E-state index in [-0.39, 0.29) is 35.6 Å². The molecule has 150 valence electrons. The molecule has 0 heterocycles. The Bertz CT molecular complexity index is 674. The fourth-order valence-corrected chi connectivity index (χ4v) is 4.70. The van der Waals surface area contributed by atoms with Gasteiger partial charge in [0.2, 0.25) is 0 Å². The predicted molar refractivity (Wildman–Crippen MR) is 103 cm³/mol. The summed E-state index contributed by atoms with van der Waals surface area (Å²) in [4.78, 5) is 36.5. The number of carbonyl (C=O) groups excluding carboxylic acids is 3. The summed E-state index contributed by atoms with van der Waals surface area (Å²) in [5.41, 5.74) is 1.41. The lowest BCUT2D eigenvalue weighted by Gasteiger charge is -2.46. The third-order valence-electron chi connectivity index (χ3n) is 6.14. The molecule has 5 atom stereocenters. The molecule has 1 saturated carbocycles. The van der Waals surface area contributed by atoms with Crippen LogP contribution in [0.2, 0.25) is 0 Å². The third-order valence-corrected chi connectivity index (χ3v) is 6.14. The van der Waals surface area contributed by atoms with Crippen LogP contribution in [0.4, 0.5) is 0 Å². The fraction of sp³-hybridized carbons (Fsp3) is 0.682. The van der Waals surface area contributed by atoms with E-state index in [2.05, 4.69) is 6.58 Å². The Morgan fingerprint density at radius 1 is 1.30 bits per heavy atom. The van der Waals surface area contributed by atoms with E-state index in [1.807, 2.05) is 34.6 Å². The molecule has 0 aromatic rings. The zero-order chi connectivity index (χ0) is 20.5. The minimum absolute atomic E-state index is 0.193. The normalized spacial score (nSPS) is 33.1. The number of hydrogen-bond donors (Lipinski definition) is 0. The quantitative estimate of drug-likeness (QED) is 0.535. The molecule has 1 fully saturated rings. The van der Waals surface area contributed by atoms with E-state index in [0.717, 1.165) is 17.6 Å². The standard InChI is InChI=1S/C22H32O5/c1-12(2)8-20(25)27-19-10-17(13(3)4)11-22(19)14(5)9-18(24)21(15(22)6)26-16(7)23/h9,12,15,17,19,21H,3,8,10-11H2,1-2,4-7H3. The molecule has 0 aromatic carbocycles. The predicted octanol–water partition coefficient (Wildman–Crippen LogP) is 4.01. The minimum atomic E-state index is -0.846. The van der Waals surface area contributed by atoms with Gasteiger partial charge < -0.3 is 9.47 Å². The molecule has 0 aliphatic heterocycles. The lowest BCUT2D eigenvalue weighted by molar-refractivity contribution is -0.167. The van der Waals surface area contributed by atoms with Crippen LogP contribution in [-0.4, -0.2) is 29.9 Å². The van der Waals surface area contributed by atoms with Crippen molar-refractivity contribution in [3.05, 3.63) is 23.8 Å². The highest BCUT2D eigenvalue weighted by Crippen LogP contribution is 2.57. The van der Waals surface area contributed by atoms with Crippen molar-refractivity contribution in [2.45, 2.75) is 73.0 Å². The van der Waals surface area contributed by atoms with Crippen LogP contribution in [-0.2, 0) is 23.9 Å². The van der Waals surface area contributed by atoms with Crippen LogP contribution >= 0.6 is 0 Å². The highest BCUT2D eigenvalue weighted by Gasteiger charge is 2.59.